The SMILES string of the molecule is CC1=C(C(=O)Nc2cc(C(=O)N3CCCC3)ccc2C)SCCO1. The largest absolute Gasteiger partial charge is 0.496 e. The molecule has 2 heterocycles. The zero-order chi connectivity index (χ0) is 17.1. The minimum absolute atomic E-state index is 0.0359. The van der Waals surface area contributed by atoms with Crippen LogP contribution in [0.2, 0.25) is 0 Å². The summed E-state index contributed by atoms with van der Waals surface area (Å²) in [7, 11) is 0. The van der Waals surface area contributed by atoms with Crippen LogP contribution in [0.5, 0.6) is 0 Å². The fourth-order valence-corrected chi connectivity index (χ4v) is 3.72. The van der Waals surface area contributed by atoms with Crippen molar-refractivity contribution in [2.45, 2.75) is 26.7 Å². The molecular formula is C18H22N2O3S. The number of thioether (sulfide) groups is 1. The summed E-state index contributed by atoms with van der Waals surface area (Å²) in [4.78, 5) is 27.5. The number of hydrogen-bond acceptors (Lipinski definition) is 4. The van der Waals surface area contributed by atoms with E-state index in [0.29, 0.717) is 28.5 Å². The van der Waals surface area contributed by atoms with Crippen molar-refractivity contribution in [1.29, 1.82) is 0 Å². The Balaban J connectivity index is 1.79. The monoisotopic (exact) mass is 346 g/mol. The molecule has 1 aromatic rings. The topological polar surface area (TPSA) is 58.6 Å². The lowest BCUT2D eigenvalue weighted by atomic mass is 10.1. The summed E-state index contributed by atoms with van der Waals surface area (Å²) in [5, 5.41) is 2.93. The van der Waals surface area contributed by atoms with Gasteiger partial charge in [-0.25, -0.2) is 0 Å². The lowest BCUT2D eigenvalue weighted by Gasteiger charge is -2.19. The van der Waals surface area contributed by atoms with Gasteiger partial charge in [-0.15, -0.1) is 11.8 Å². The molecule has 0 saturated carbocycles. The quantitative estimate of drug-likeness (QED) is 0.913. The zero-order valence-corrected chi connectivity index (χ0v) is 14.9. The molecule has 1 N–H and O–H groups in total. The second-order valence-corrected chi connectivity index (χ2v) is 7.17. The lowest BCUT2D eigenvalue weighted by molar-refractivity contribution is -0.112. The Morgan fingerprint density at radius 1 is 1.21 bits per heavy atom. The van der Waals surface area contributed by atoms with E-state index < -0.39 is 0 Å². The maximum Gasteiger partial charge on any atom is 0.265 e. The highest BCUT2D eigenvalue weighted by molar-refractivity contribution is 8.04. The number of benzene rings is 1. The molecule has 0 aliphatic carbocycles. The maximum atomic E-state index is 12.5. The predicted molar refractivity (Wildman–Crippen MR) is 96.1 cm³/mol. The fourth-order valence-electron chi connectivity index (χ4n) is 2.90. The van der Waals surface area contributed by atoms with Crippen molar-refractivity contribution in [2.24, 2.45) is 0 Å². The number of aryl methyl sites for hydroxylation is 1. The third-order valence-electron chi connectivity index (χ3n) is 4.30. The highest BCUT2D eigenvalue weighted by atomic mass is 32.2. The molecule has 1 saturated heterocycles. The van der Waals surface area contributed by atoms with Gasteiger partial charge >= 0.3 is 0 Å². The van der Waals surface area contributed by atoms with Gasteiger partial charge in [0.1, 0.15) is 10.7 Å². The van der Waals surface area contributed by atoms with E-state index in [4.69, 9.17) is 4.74 Å². The number of ether oxygens (including phenoxy) is 1. The van der Waals surface area contributed by atoms with Crippen LogP contribution in [0.1, 0.15) is 35.7 Å². The Morgan fingerprint density at radius 3 is 2.67 bits per heavy atom. The van der Waals surface area contributed by atoms with E-state index >= 15 is 0 Å². The molecule has 1 aromatic carbocycles. The van der Waals surface area contributed by atoms with Gasteiger partial charge in [0.15, 0.2) is 0 Å². The molecule has 1 fully saturated rings. The van der Waals surface area contributed by atoms with E-state index in [9.17, 15) is 9.59 Å². The van der Waals surface area contributed by atoms with Crippen LogP contribution in [0.25, 0.3) is 0 Å². The summed E-state index contributed by atoms with van der Waals surface area (Å²) in [6.07, 6.45) is 2.12. The van der Waals surface area contributed by atoms with Crippen LogP contribution >= 0.6 is 11.8 Å². The molecule has 0 spiro atoms. The van der Waals surface area contributed by atoms with Crippen molar-refractivity contribution in [2.75, 3.05) is 30.8 Å². The van der Waals surface area contributed by atoms with E-state index in [1.165, 1.54) is 11.8 Å². The van der Waals surface area contributed by atoms with Crippen LogP contribution in [-0.2, 0) is 9.53 Å². The Hall–Kier alpha value is -1.95. The first-order valence-corrected chi connectivity index (χ1v) is 9.22. The van der Waals surface area contributed by atoms with E-state index in [-0.39, 0.29) is 11.8 Å². The average molecular weight is 346 g/mol. The standard InChI is InChI=1S/C18H22N2O3S/c1-12-5-6-14(18(22)20-7-3-4-8-20)11-15(12)19-17(21)16-13(2)23-9-10-24-16/h5-6,11H,3-4,7-10H2,1-2H3,(H,19,21). The number of hydrogen-bond donors (Lipinski definition) is 1. The Kier molecular flexibility index (Phi) is 5.14. The van der Waals surface area contributed by atoms with Gasteiger partial charge in [-0.3, -0.25) is 9.59 Å². The van der Waals surface area contributed by atoms with Crippen LogP contribution in [0.15, 0.2) is 28.9 Å². The van der Waals surface area contributed by atoms with Crippen LogP contribution in [0.4, 0.5) is 5.69 Å². The number of likely N-dealkylation sites (tertiary alicyclic amines) is 1. The van der Waals surface area contributed by atoms with Gasteiger partial charge in [0.2, 0.25) is 0 Å². The van der Waals surface area contributed by atoms with Crippen LogP contribution < -0.4 is 5.32 Å². The molecule has 128 valence electrons. The first-order valence-electron chi connectivity index (χ1n) is 8.24. The summed E-state index contributed by atoms with van der Waals surface area (Å²) in [6.45, 7) is 5.99. The zero-order valence-electron chi connectivity index (χ0n) is 14.1. The van der Waals surface area contributed by atoms with Crippen molar-refractivity contribution in [1.82, 2.24) is 4.90 Å². The minimum Gasteiger partial charge on any atom is -0.496 e. The molecule has 2 aliphatic heterocycles. The second-order valence-electron chi connectivity index (χ2n) is 6.07. The normalized spacial score (nSPS) is 17.7. The van der Waals surface area contributed by atoms with Gasteiger partial charge in [-0.2, -0.15) is 0 Å². The number of allylic oxidation sites excluding steroid dienone is 1. The maximum absolute atomic E-state index is 12.5. The van der Waals surface area contributed by atoms with Crippen molar-refractivity contribution in [3.8, 4) is 0 Å². The average Bonchev–Trinajstić information content (AvgIpc) is 3.11. The predicted octanol–water partition coefficient (Wildman–Crippen LogP) is 3.16. The number of amides is 2. The summed E-state index contributed by atoms with van der Waals surface area (Å²) in [6, 6.07) is 5.48. The van der Waals surface area contributed by atoms with Gasteiger partial charge in [0.25, 0.3) is 11.8 Å². The lowest BCUT2D eigenvalue weighted by Crippen LogP contribution is -2.27. The molecular weight excluding hydrogens is 324 g/mol. The number of carbonyl (C=O) groups excluding carboxylic acids is 2. The fraction of sp³-hybridized carbons (Fsp3) is 0.444. The Morgan fingerprint density at radius 2 is 1.96 bits per heavy atom. The molecule has 0 radical (unpaired) electrons. The van der Waals surface area contributed by atoms with Crippen molar-refractivity contribution >= 4 is 29.3 Å². The van der Waals surface area contributed by atoms with Crippen molar-refractivity contribution in [3.63, 3.8) is 0 Å². The van der Waals surface area contributed by atoms with Crippen LogP contribution in [0.3, 0.4) is 0 Å². The molecule has 2 amide bonds. The smallest absolute Gasteiger partial charge is 0.265 e. The summed E-state index contributed by atoms with van der Waals surface area (Å²) < 4.78 is 5.45. The summed E-state index contributed by atoms with van der Waals surface area (Å²) >= 11 is 1.50. The number of anilines is 1. The van der Waals surface area contributed by atoms with E-state index in [1.54, 1.807) is 13.0 Å². The molecule has 0 unspecified atom stereocenters. The molecule has 0 aromatic heterocycles. The highest BCUT2D eigenvalue weighted by Gasteiger charge is 2.22. The molecule has 3 rings (SSSR count). The molecule has 0 bridgehead atoms. The molecule has 5 nitrogen and oxygen atoms in total. The van der Waals surface area contributed by atoms with Gasteiger partial charge in [-0.1, -0.05) is 6.07 Å². The van der Waals surface area contributed by atoms with Crippen molar-refractivity contribution in [3.05, 3.63) is 40.0 Å². The van der Waals surface area contributed by atoms with Gasteiger partial charge in [-0.05, 0) is 44.4 Å². The van der Waals surface area contributed by atoms with E-state index in [0.717, 1.165) is 37.2 Å². The third kappa shape index (κ3) is 3.59. The van der Waals surface area contributed by atoms with Gasteiger partial charge in [0.05, 0.1) is 6.61 Å². The molecule has 6 heteroatoms. The van der Waals surface area contributed by atoms with Crippen LogP contribution in [0, 0.1) is 6.92 Å². The van der Waals surface area contributed by atoms with Gasteiger partial charge < -0.3 is 15.0 Å². The summed E-state index contributed by atoms with van der Waals surface area (Å²) in [5.41, 5.74) is 2.23. The number of nitrogens with one attached hydrogen (secondary N) is 1. The van der Waals surface area contributed by atoms with E-state index in [1.807, 2.05) is 24.0 Å². The second kappa shape index (κ2) is 7.30. The molecule has 24 heavy (non-hydrogen) atoms. The van der Waals surface area contributed by atoms with Crippen molar-refractivity contribution < 1.29 is 14.3 Å². The van der Waals surface area contributed by atoms with E-state index in [2.05, 4.69) is 5.32 Å². The highest BCUT2D eigenvalue weighted by Crippen LogP contribution is 2.28. The number of nitrogens with zero attached hydrogens (tertiary/aromatic N) is 1. The van der Waals surface area contributed by atoms with Crippen LogP contribution in [-0.4, -0.2) is 42.2 Å². The molecule has 0 atom stereocenters. The minimum atomic E-state index is -0.175. The summed E-state index contributed by atoms with van der Waals surface area (Å²) in [5.74, 6) is 1.29. The Bertz CT molecular complexity index is 694. The molecule has 2 aliphatic rings. The first-order chi connectivity index (χ1) is 11.6. The first kappa shape index (κ1) is 16.9. The number of rotatable bonds is 3. The third-order valence-corrected chi connectivity index (χ3v) is 5.43. The Labute approximate surface area is 146 Å². The number of carbonyl (C=O) groups is 2. The van der Waals surface area contributed by atoms with Gasteiger partial charge in [0, 0.05) is 30.1 Å².